The van der Waals surface area contributed by atoms with Crippen molar-refractivity contribution >= 4 is 34.3 Å². The molecule has 0 saturated carbocycles. The van der Waals surface area contributed by atoms with E-state index in [0.717, 1.165) is 11.3 Å². The zero-order valence-corrected chi connectivity index (χ0v) is 14.1. The summed E-state index contributed by atoms with van der Waals surface area (Å²) in [5, 5.41) is 24.9. The van der Waals surface area contributed by atoms with E-state index in [1.54, 1.807) is 12.3 Å². The van der Waals surface area contributed by atoms with Crippen LogP contribution >= 0.6 is 11.3 Å². The van der Waals surface area contributed by atoms with Gasteiger partial charge >= 0.3 is 11.9 Å². The van der Waals surface area contributed by atoms with E-state index in [9.17, 15) is 14.4 Å². The largest absolute Gasteiger partial charge is 0.480 e. The number of esters is 1. The molecular formula is C14H21N3O6S. The van der Waals surface area contributed by atoms with Crippen molar-refractivity contribution in [2.75, 3.05) is 25.1 Å². The summed E-state index contributed by atoms with van der Waals surface area (Å²) < 4.78 is 4.81. The quantitative estimate of drug-likeness (QED) is 0.320. The van der Waals surface area contributed by atoms with Crippen molar-refractivity contribution < 1.29 is 29.3 Å². The minimum absolute atomic E-state index is 0.0146. The number of nitrogens with zero attached hydrogens (tertiary/aromatic N) is 1. The Morgan fingerprint density at radius 2 is 2.17 bits per heavy atom. The fourth-order valence-corrected chi connectivity index (χ4v) is 2.49. The molecule has 0 aliphatic rings. The van der Waals surface area contributed by atoms with Crippen LogP contribution in [0.25, 0.3) is 0 Å². The molecule has 1 aromatic rings. The first kappa shape index (κ1) is 20.0. The lowest BCUT2D eigenvalue weighted by Crippen LogP contribution is -2.40. The van der Waals surface area contributed by atoms with Crippen molar-refractivity contribution in [3.63, 3.8) is 0 Å². The molecule has 24 heavy (non-hydrogen) atoms. The molecule has 0 spiro atoms. The molecule has 1 amide bonds. The number of carbonyl (C=O) groups is 3. The highest BCUT2D eigenvalue weighted by molar-refractivity contribution is 7.13. The second-order valence-electron chi connectivity index (χ2n) is 4.80. The molecule has 1 heterocycles. The maximum Gasteiger partial charge on any atom is 0.321 e. The zero-order valence-electron chi connectivity index (χ0n) is 13.3. The van der Waals surface area contributed by atoms with Crippen molar-refractivity contribution in [2.45, 2.75) is 32.2 Å². The molecule has 0 saturated heterocycles. The van der Waals surface area contributed by atoms with Crippen molar-refractivity contribution in [1.82, 2.24) is 10.3 Å². The van der Waals surface area contributed by atoms with Gasteiger partial charge in [-0.05, 0) is 19.9 Å². The predicted octanol–water partition coefficient (Wildman–Crippen LogP) is 0.00250. The van der Waals surface area contributed by atoms with Gasteiger partial charge in [0.05, 0.1) is 25.1 Å². The first-order valence-electron chi connectivity index (χ1n) is 7.43. The summed E-state index contributed by atoms with van der Waals surface area (Å²) in [4.78, 5) is 38.4. The van der Waals surface area contributed by atoms with Crippen molar-refractivity contribution in [3.8, 4) is 0 Å². The number of nitrogens with one attached hydrogen (secondary N) is 2. The van der Waals surface area contributed by atoms with Gasteiger partial charge in [0.25, 0.3) is 0 Å². The number of aliphatic hydroxyl groups is 1. The number of aliphatic hydroxyl groups excluding tert-OH is 1. The average molecular weight is 359 g/mol. The van der Waals surface area contributed by atoms with E-state index in [1.807, 2.05) is 0 Å². The lowest BCUT2D eigenvalue weighted by Gasteiger charge is -2.13. The third-order valence-electron chi connectivity index (χ3n) is 2.84. The van der Waals surface area contributed by atoms with Gasteiger partial charge in [-0.2, -0.15) is 0 Å². The second kappa shape index (κ2) is 10.7. The van der Waals surface area contributed by atoms with E-state index < -0.39 is 23.9 Å². The number of aliphatic carboxylic acids is 1. The Kier molecular flexibility index (Phi) is 8.90. The fraction of sp³-hybridized carbons (Fsp3) is 0.571. The normalized spacial score (nSPS) is 11.8. The van der Waals surface area contributed by atoms with E-state index in [1.165, 1.54) is 0 Å². The number of hydrogen-bond donors (Lipinski definition) is 4. The monoisotopic (exact) mass is 359 g/mol. The minimum atomic E-state index is -1.15. The number of carbonyl (C=O) groups excluding carboxylic acids is 2. The number of rotatable bonds is 11. The highest BCUT2D eigenvalue weighted by Gasteiger charge is 2.21. The number of amides is 1. The number of carboxylic acids is 1. The molecule has 134 valence electrons. The molecule has 0 aromatic carbocycles. The third kappa shape index (κ3) is 7.49. The van der Waals surface area contributed by atoms with E-state index >= 15 is 0 Å². The van der Waals surface area contributed by atoms with Crippen LogP contribution in [0, 0.1) is 0 Å². The molecule has 0 radical (unpaired) electrons. The standard InChI is InChI=1S/C14H21N3O6S/c1-2-23-12(20)6-9-8-24-14(16-9)17-11(19)7-10(13(21)22)15-4-3-5-18/h8,10,15,18H,2-7H2,1H3,(H,21,22)(H,16,17,19). The third-order valence-corrected chi connectivity index (χ3v) is 3.65. The maximum atomic E-state index is 11.9. The van der Waals surface area contributed by atoms with Crippen LogP contribution in [0.3, 0.4) is 0 Å². The van der Waals surface area contributed by atoms with Gasteiger partial charge < -0.3 is 25.6 Å². The van der Waals surface area contributed by atoms with E-state index in [0.29, 0.717) is 23.8 Å². The van der Waals surface area contributed by atoms with Crippen molar-refractivity contribution in [1.29, 1.82) is 0 Å². The van der Waals surface area contributed by atoms with Crippen LogP contribution in [-0.2, 0) is 25.5 Å². The van der Waals surface area contributed by atoms with Gasteiger partial charge in [-0.3, -0.25) is 14.4 Å². The van der Waals surface area contributed by atoms with Crippen LogP contribution < -0.4 is 10.6 Å². The Morgan fingerprint density at radius 3 is 2.79 bits per heavy atom. The van der Waals surface area contributed by atoms with Gasteiger partial charge in [0.15, 0.2) is 5.13 Å². The Bertz CT molecular complexity index is 562. The molecule has 10 heteroatoms. The first-order valence-corrected chi connectivity index (χ1v) is 8.31. The van der Waals surface area contributed by atoms with Gasteiger partial charge in [0, 0.05) is 12.0 Å². The van der Waals surface area contributed by atoms with Crippen LogP contribution in [-0.4, -0.2) is 58.8 Å². The summed E-state index contributed by atoms with van der Waals surface area (Å²) in [7, 11) is 0. The second-order valence-corrected chi connectivity index (χ2v) is 5.66. The van der Waals surface area contributed by atoms with Crippen molar-refractivity contribution in [2.24, 2.45) is 0 Å². The van der Waals surface area contributed by atoms with Gasteiger partial charge in [0.2, 0.25) is 5.91 Å². The number of carboxylic acid groups (broad SMARTS) is 1. The topological polar surface area (TPSA) is 138 Å². The summed E-state index contributed by atoms with van der Waals surface area (Å²) in [5.41, 5.74) is 0.476. The molecule has 9 nitrogen and oxygen atoms in total. The number of hydrogen-bond acceptors (Lipinski definition) is 8. The number of aromatic nitrogens is 1. The molecule has 1 aromatic heterocycles. The molecule has 1 unspecified atom stereocenters. The molecule has 0 aliphatic heterocycles. The van der Waals surface area contributed by atoms with Gasteiger partial charge in [0.1, 0.15) is 6.04 Å². The van der Waals surface area contributed by atoms with Crippen LogP contribution in [0.1, 0.15) is 25.5 Å². The molecule has 1 atom stereocenters. The average Bonchev–Trinajstić information content (AvgIpc) is 2.93. The van der Waals surface area contributed by atoms with Crippen LogP contribution in [0.4, 0.5) is 5.13 Å². The summed E-state index contributed by atoms with van der Waals surface area (Å²) in [6, 6.07) is -1.05. The summed E-state index contributed by atoms with van der Waals surface area (Å²) in [6.07, 6.45) is 0.142. The van der Waals surface area contributed by atoms with E-state index in [2.05, 4.69) is 15.6 Å². The summed E-state index contributed by atoms with van der Waals surface area (Å²) in [5.74, 6) is -2.05. The lowest BCUT2D eigenvalue weighted by atomic mass is 10.2. The van der Waals surface area contributed by atoms with Crippen LogP contribution in [0.2, 0.25) is 0 Å². The minimum Gasteiger partial charge on any atom is -0.480 e. The lowest BCUT2D eigenvalue weighted by molar-refractivity contribution is -0.142. The maximum absolute atomic E-state index is 11.9. The number of thiazole rings is 1. The molecule has 0 fully saturated rings. The van der Waals surface area contributed by atoms with E-state index in [4.69, 9.17) is 14.9 Å². The van der Waals surface area contributed by atoms with Gasteiger partial charge in [-0.25, -0.2) is 4.98 Å². The Labute approximate surface area is 143 Å². The molecule has 0 aliphatic carbocycles. The highest BCUT2D eigenvalue weighted by Crippen LogP contribution is 2.16. The van der Waals surface area contributed by atoms with E-state index in [-0.39, 0.29) is 26.1 Å². The number of ether oxygens (including phenoxy) is 1. The fourth-order valence-electron chi connectivity index (χ4n) is 1.76. The Hall–Kier alpha value is -2.04. The summed E-state index contributed by atoms with van der Waals surface area (Å²) in [6.45, 7) is 2.22. The summed E-state index contributed by atoms with van der Waals surface area (Å²) >= 11 is 1.14. The molecule has 1 rings (SSSR count). The highest BCUT2D eigenvalue weighted by atomic mass is 32.1. The van der Waals surface area contributed by atoms with Gasteiger partial charge in [-0.1, -0.05) is 0 Å². The smallest absolute Gasteiger partial charge is 0.321 e. The van der Waals surface area contributed by atoms with Crippen LogP contribution in [0.15, 0.2) is 5.38 Å². The SMILES string of the molecule is CCOC(=O)Cc1csc(NC(=O)CC(NCCCO)C(=O)O)n1. The van der Waals surface area contributed by atoms with Crippen molar-refractivity contribution in [3.05, 3.63) is 11.1 Å². The predicted molar refractivity (Wildman–Crippen MR) is 86.8 cm³/mol. The molecule has 4 N–H and O–H groups in total. The number of anilines is 1. The Morgan fingerprint density at radius 1 is 1.42 bits per heavy atom. The van der Waals surface area contributed by atoms with Gasteiger partial charge in [-0.15, -0.1) is 11.3 Å². The first-order chi connectivity index (χ1) is 11.5. The Balaban J connectivity index is 2.49. The zero-order chi connectivity index (χ0) is 17.9. The van der Waals surface area contributed by atoms with Crippen LogP contribution in [0.5, 0.6) is 0 Å². The molecular weight excluding hydrogens is 338 g/mol. The molecule has 0 bridgehead atoms.